The van der Waals surface area contributed by atoms with Gasteiger partial charge in [0.15, 0.2) is 0 Å². The third kappa shape index (κ3) is 2.39. The van der Waals surface area contributed by atoms with Gasteiger partial charge in [0.1, 0.15) is 0 Å². The Labute approximate surface area is 148 Å². The molecule has 128 valence electrons. The second kappa shape index (κ2) is 5.95. The van der Waals surface area contributed by atoms with E-state index < -0.39 is 0 Å². The van der Waals surface area contributed by atoms with Gasteiger partial charge >= 0.3 is 0 Å². The van der Waals surface area contributed by atoms with E-state index >= 15 is 0 Å². The highest BCUT2D eigenvalue weighted by atomic mass is 16.2. The summed E-state index contributed by atoms with van der Waals surface area (Å²) < 4.78 is 0. The first-order valence-electron chi connectivity index (χ1n) is 9.33. The summed E-state index contributed by atoms with van der Waals surface area (Å²) in [4.78, 5) is 22.2. The van der Waals surface area contributed by atoms with E-state index in [9.17, 15) is 4.79 Å². The Balaban J connectivity index is 1.53. The van der Waals surface area contributed by atoms with Crippen molar-refractivity contribution in [3.05, 3.63) is 66.0 Å². The van der Waals surface area contributed by atoms with Crippen molar-refractivity contribution in [3.8, 4) is 0 Å². The second-order valence-corrected chi connectivity index (χ2v) is 7.57. The molecule has 6 rings (SSSR count). The Hall–Kier alpha value is -2.20. The van der Waals surface area contributed by atoms with E-state index in [2.05, 4.69) is 45.1 Å². The minimum atomic E-state index is 0.148. The number of aromatic nitrogens is 1. The molecule has 0 spiro atoms. The Bertz CT molecular complexity index is 755. The molecule has 0 radical (unpaired) electrons. The lowest BCUT2D eigenvalue weighted by molar-refractivity contribution is -0.00341. The Morgan fingerprint density at radius 2 is 1.80 bits per heavy atom. The number of hydrogen-bond acceptors (Lipinski definition) is 3. The molecule has 5 heterocycles. The van der Waals surface area contributed by atoms with Crippen LogP contribution >= 0.6 is 0 Å². The number of fused-ring (bicyclic) bond motifs is 2. The fourth-order valence-electron chi connectivity index (χ4n) is 5.30. The summed E-state index contributed by atoms with van der Waals surface area (Å²) in [5.74, 6) is 1.20. The Morgan fingerprint density at radius 1 is 1.00 bits per heavy atom. The summed E-state index contributed by atoms with van der Waals surface area (Å²) in [6.07, 6.45) is 5.87. The minimum Gasteiger partial charge on any atom is -0.333 e. The van der Waals surface area contributed by atoms with Crippen molar-refractivity contribution in [3.63, 3.8) is 0 Å². The van der Waals surface area contributed by atoms with Crippen molar-refractivity contribution >= 4 is 5.91 Å². The highest BCUT2D eigenvalue weighted by Crippen LogP contribution is 2.46. The van der Waals surface area contributed by atoms with E-state index in [4.69, 9.17) is 0 Å². The van der Waals surface area contributed by atoms with Crippen LogP contribution in [0.25, 0.3) is 0 Å². The zero-order valence-electron chi connectivity index (χ0n) is 14.3. The summed E-state index contributed by atoms with van der Waals surface area (Å²) in [6, 6.07) is 15.3. The molecule has 0 saturated carbocycles. The van der Waals surface area contributed by atoms with E-state index in [1.165, 1.54) is 31.5 Å². The Morgan fingerprint density at radius 3 is 2.52 bits per heavy atom. The molecule has 4 nitrogen and oxygen atoms in total. The normalized spacial score (nSPS) is 33.3. The quantitative estimate of drug-likeness (QED) is 0.848. The molecule has 4 heteroatoms. The first-order chi connectivity index (χ1) is 12.3. The number of pyridine rings is 1. The topological polar surface area (TPSA) is 36.4 Å². The van der Waals surface area contributed by atoms with Crippen LogP contribution in [0.5, 0.6) is 0 Å². The number of carbonyl (C=O) groups excluding carboxylic acids is 1. The maximum absolute atomic E-state index is 13.2. The van der Waals surface area contributed by atoms with Crippen molar-refractivity contribution in [2.45, 2.75) is 30.8 Å². The zero-order chi connectivity index (χ0) is 16.8. The van der Waals surface area contributed by atoms with Gasteiger partial charge in [0, 0.05) is 30.9 Å². The highest BCUT2D eigenvalue weighted by molar-refractivity contribution is 5.94. The summed E-state index contributed by atoms with van der Waals surface area (Å²) >= 11 is 0. The molecule has 0 aliphatic carbocycles. The number of carbonyl (C=O) groups is 1. The third-order valence-corrected chi connectivity index (χ3v) is 6.39. The summed E-state index contributed by atoms with van der Waals surface area (Å²) in [7, 11) is 0. The molecule has 4 aliphatic heterocycles. The van der Waals surface area contributed by atoms with E-state index in [0.29, 0.717) is 29.5 Å². The van der Waals surface area contributed by atoms with Gasteiger partial charge in [0.25, 0.3) is 5.91 Å². The SMILES string of the molecule is O=C(c1cccnc1)N1C[C@H](c2ccccc2)[C@@H]2[C@H]1C1CCN2CC1. The molecule has 1 aromatic carbocycles. The van der Waals surface area contributed by atoms with E-state index in [1.807, 2.05) is 12.1 Å². The lowest BCUT2D eigenvalue weighted by Gasteiger charge is -2.51. The first-order valence-corrected chi connectivity index (χ1v) is 9.33. The molecule has 1 aromatic heterocycles. The van der Waals surface area contributed by atoms with Crippen LogP contribution < -0.4 is 0 Å². The van der Waals surface area contributed by atoms with Crippen molar-refractivity contribution < 1.29 is 4.79 Å². The largest absolute Gasteiger partial charge is 0.333 e. The van der Waals surface area contributed by atoms with E-state index in [0.717, 1.165) is 6.54 Å². The maximum atomic E-state index is 13.2. The predicted octanol–water partition coefficient (Wildman–Crippen LogP) is 2.78. The van der Waals surface area contributed by atoms with Crippen LogP contribution in [0.4, 0.5) is 0 Å². The molecule has 25 heavy (non-hydrogen) atoms. The number of piperidine rings is 3. The molecule has 0 unspecified atom stereocenters. The van der Waals surface area contributed by atoms with E-state index in [1.54, 1.807) is 12.4 Å². The average Bonchev–Trinajstić information content (AvgIpc) is 3.12. The van der Waals surface area contributed by atoms with Crippen LogP contribution in [0.1, 0.15) is 34.7 Å². The molecule has 3 atom stereocenters. The summed E-state index contributed by atoms with van der Waals surface area (Å²) in [5.41, 5.74) is 2.08. The van der Waals surface area contributed by atoms with Crippen molar-refractivity contribution in [2.24, 2.45) is 5.92 Å². The van der Waals surface area contributed by atoms with Crippen molar-refractivity contribution in [1.82, 2.24) is 14.8 Å². The fraction of sp³-hybridized carbons (Fsp3) is 0.429. The average molecular weight is 333 g/mol. The van der Waals surface area contributed by atoms with E-state index in [-0.39, 0.29) is 5.91 Å². The van der Waals surface area contributed by atoms with Crippen molar-refractivity contribution in [2.75, 3.05) is 19.6 Å². The molecule has 0 N–H and O–H groups in total. The van der Waals surface area contributed by atoms with Gasteiger partial charge in [0.05, 0.1) is 11.6 Å². The molecular formula is C21H23N3O. The van der Waals surface area contributed by atoms with Crippen molar-refractivity contribution in [1.29, 1.82) is 0 Å². The predicted molar refractivity (Wildman–Crippen MR) is 96.3 cm³/mol. The number of hydrogen-bond donors (Lipinski definition) is 0. The van der Waals surface area contributed by atoms with Gasteiger partial charge in [-0.3, -0.25) is 14.7 Å². The smallest absolute Gasteiger partial charge is 0.255 e. The van der Waals surface area contributed by atoms with Gasteiger partial charge in [-0.05, 0) is 49.5 Å². The van der Waals surface area contributed by atoms with Crippen LogP contribution in [-0.2, 0) is 0 Å². The van der Waals surface area contributed by atoms with Crippen LogP contribution in [0.3, 0.4) is 0 Å². The van der Waals surface area contributed by atoms with Gasteiger partial charge < -0.3 is 4.90 Å². The molecule has 4 fully saturated rings. The Kier molecular flexibility index (Phi) is 3.59. The summed E-state index contributed by atoms with van der Waals surface area (Å²) in [6.45, 7) is 3.19. The van der Waals surface area contributed by atoms with Gasteiger partial charge in [0.2, 0.25) is 0 Å². The first kappa shape index (κ1) is 15.1. The standard InChI is InChI=1S/C21H23N3O/c25-21(17-7-4-10-22-13-17)24-14-18(15-5-2-1-3-6-15)20-19(24)16-8-11-23(20)12-9-16/h1-7,10,13,16,18-20H,8-9,11-12,14H2/t18-,19-,20-/m1/s1. The van der Waals surface area contributed by atoms with Crippen LogP contribution in [0.15, 0.2) is 54.9 Å². The highest BCUT2D eigenvalue weighted by Gasteiger charge is 2.54. The van der Waals surface area contributed by atoms with Gasteiger partial charge in [-0.2, -0.15) is 0 Å². The summed E-state index contributed by atoms with van der Waals surface area (Å²) in [5, 5.41) is 0. The molecule has 2 aromatic rings. The third-order valence-electron chi connectivity index (χ3n) is 6.39. The van der Waals surface area contributed by atoms with Gasteiger partial charge in [-0.1, -0.05) is 30.3 Å². The van der Waals surface area contributed by atoms with Gasteiger partial charge in [-0.25, -0.2) is 0 Å². The molecule has 4 aliphatic rings. The van der Waals surface area contributed by atoms with Crippen LogP contribution in [0, 0.1) is 5.92 Å². The van der Waals surface area contributed by atoms with Gasteiger partial charge in [-0.15, -0.1) is 0 Å². The number of rotatable bonds is 2. The number of likely N-dealkylation sites (tertiary alicyclic amines) is 1. The molecule has 4 saturated heterocycles. The number of nitrogens with zero attached hydrogens (tertiary/aromatic N) is 3. The zero-order valence-corrected chi connectivity index (χ0v) is 14.3. The number of amides is 1. The molecule has 1 amide bonds. The second-order valence-electron chi connectivity index (χ2n) is 7.57. The lowest BCUT2D eigenvalue weighted by Crippen LogP contribution is -2.60. The van der Waals surface area contributed by atoms with Crippen LogP contribution in [0.2, 0.25) is 0 Å². The fourth-order valence-corrected chi connectivity index (χ4v) is 5.30. The molecule has 2 bridgehead atoms. The molecular weight excluding hydrogens is 310 g/mol. The number of benzene rings is 1. The monoisotopic (exact) mass is 333 g/mol. The maximum Gasteiger partial charge on any atom is 0.255 e. The lowest BCUT2D eigenvalue weighted by atomic mass is 9.75. The van der Waals surface area contributed by atoms with Crippen LogP contribution in [-0.4, -0.2) is 52.4 Å². The minimum absolute atomic E-state index is 0.148.